The van der Waals surface area contributed by atoms with Gasteiger partial charge in [-0.25, -0.2) is 0 Å². The summed E-state index contributed by atoms with van der Waals surface area (Å²) in [6, 6.07) is 4.83. The van der Waals surface area contributed by atoms with Crippen LogP contribution in [0.3, 0.4) is 0 Å². The number of para-hydroxylation sites is 1. The molecule has 4 amide bonds. The van der Waals surface area contributed by atoms with Crippen LogP contribution in [-0.4, -0.2) is 53.1 Å². The van der Waals surface area contributed by atoms with E-state index in [2.05, 4.69) is 5.32 Å². The van der Waals surface area contributed by atoms with Gasteiger partial charge < -0.3 is 10.2 Å². The van der Waals surface area contributed by atoms with Crippen molar-refractivity contribution in [3.05, 3.63) is 40.4 Å². The van der Waals surface area contributed by atoms with Gasteiger partial charge in [0.25, 0.3) is 0 Å². The highest BCUT2D eigenvalue weighted by molar-refractivity contribution is 6.39. The number of imide groups is 1. The van der Waals surface area contributed by atoms with Crippen LogP contribution in [0.4, 0.5) is 5.69 Å². The van der Waals surface area contributed by atoms with Gasteiger partial charge in [-0.2, -0.15) is 0 Å². The highest BCUT2D eigenvalue weighted by Gasteiger charge is 2.47. The van der Waals surface area contributed by atoms with Gasteiger partial charge in [0.1, 0.15) is 6.54 Å². The number of likely N-dealkylation sites (N-methyl/N-ethyl adjacent to an activating group) is 1. The van der Waals surface area contributed by atoms with Gasteiger partial charge in [-0.1, -0.05) is 41.4 Å². The van der Waals surface area contributed by atoms with Crippen molar-refractivity contribution < 1.29 is 19.2 Å². The van der Waals surface area contributed by atoms with Crippen molar-refractivity contribution in [2.75, 3.05) is 25.0 Å². The SMILES string of the molecule is CCN(CC(=O)Nc1c(Cl)cccc1Cl)C(=O)CN1C(=O)[C@@H]2CC=CC[C@H]2C1=O. The Labute approximate surface area is 178 Å². The fourth-order valence-electron chi connectivity index (χ4n) is 3.61. The summed E-state index contributed by atoms with van der Waals surface area (Å²) in [6.45, 7) is 1.35. The fourth-order valence-corrected chi connectivity index (χ4v) is 4.10. The normalized spacial score (nSPS) is 20.6. The van der Waals surface area contributed by atoms with Crippen LogP contribution >= 0.6 is 23.2 Å². The minimum absolute atomic E-state index is 0.243. The maximum atomic E-state index is 12.7. The Balaban J connectivity index is 1.63. The molecule has 0 bridgehead atoms. The van der Waals surface area contributed by atoms with Gasteiger partial charge in [0.2, 0.25) is 23.6 Å². The van der Waals surface area contributed by atoms with Gasteiger partial charge in [0.15, 0.2) is 0 Å². The molecule has 0 saturated carbocycles. The van der Waals surface area contributed by atoms with Crippen LogP contribution in [-0.2, 0) is 19.2 Å². The minimum Gasteiger partial charge on any atom is -0.332 e. The van der Waals surface area contributed by atoms with Crippen LogP contribution in [0.1, 0.15) is 19.8 Å². The summed E-state index contributed by atoms with van der Waals surface area (Å²) in [5, 5.41) is 3.16. The number of anilines is 1. The van der Waals surface area contributed by atoms with E-state index >= 15 is 0 Å². The third-order valence-corrected chi connectivity index (χ3v) is 5.82. The lowest BCUT2D eigenvalue weighted by atomic mass is 9.85. The number of carbonyl (C=O) groups is 4. The van der Waals surface area contributed by atoms with Crippen molar-refractivity contribution in [3.63, 3.8) is 0 Å². The Kier molecular flexibility index (Phi) is 6.59. The van der Waals surface area contributed by atoms with E-state index < -0.39 is 11.8 Å². The molecule has 0 aromatic heterocycles. The second-order valence-electron chi connectivity index (χ2n) is 6.97. The molecule has 0 unspecified atom stereocenters. The Hall–Kier alpha value is -2.38. The average molecular weight is 438 g/mol. The van der Waals surface area contributed by atoms with Crippen molar-refractivity contribution in [3.8, 4) is 0 Å². The van der Waals surface area contributed by atoms with E-state index in [1.807, 2.05) is 12.2 Å². The molecule has 1 N–H and O–H groups in total. The lowest BCUT2D eigenvalue weighted by molar-refractivity contribution is -0.146. The highest BCUT2D eigenvalue weighted by atomic mass is 35.5. The average Bonchev–Trinajstić information content (AvgIpc) is 2.94. The van der Waals surface area contributed by atoms with Gasteiger partial charge in [0.05, 0.1) is 34.1 Å². The molecule has 29 heavy (non-hydrogen) atoms. The molecule has 3 rings (SSSR count). The van der Waals surface area contributed by atoms with Crippen LogP contribution in [0, 0.1) is 11.8 Å². The standard InChI is InChI=1S/C20H21Cl2N3O4/c1-2-24(10-16(26)23-18-14(21)8-5-9-15(18)22)17(27)11-25-19(28)12-6-3-4-7-13(12)20(25)29/h3-5,8-9,12-13H,2,6-7,10-11H2,1H3,(H,23,26)/t12-,13-/m1/s1. The second-order valence-corrected chi connectivity index (χ2v) is 7.79. The topological polar surface area (TPSA) is 86.8 Å². The third kappa shape index (κ3) is 4.46. The first-order valence-electron chi connectivity index (χ1n) is 9.35. The summed E-state index contributed by atoms with van der Waals surface area (Å²) in [4.78, 5) is 52.4. The Morgan fingerprint density at radius 1 is 1.10 bits per heavy atom. The van der Waals surface area contributed by atoms with E-state index in [1.54, 1.807) is 25.1 Å². The predicted octanol–water partition coefficient (Wildman–Crippen LogP) is 2.73. The molecule has 2 atom stereocenters. The summed E-state index contributed by atoms with van der Waals surface area (Å²) >= 11 is 12.1. The number of hydrogen-bond acceptors (Lipinski definition) is 4. The molecule has 1 aromatic rings. The van der Waals surface area contributed by atoms with Crippen molar-refractivity contribution in [1.29, 1.82) is 0 Å². The fraction of sp³-hybridized carbons (Fsp3) is 0.400. The minimum atomic E-state index is -0.479. The largest absolute Gasteiger partial charge is 0.332 e. The first-order chi connectivity index (χ1) is 13.8. The van der Waals surface area contributed by atoms with Gasteiger partial charge in [-0.15, -0.1) is 0 Å². The van der Waals surface area contributed by atoms with Crippen LogP contribution in [0.5, 0.6) is 0 Å². The maximum absolute atomic E-state index is 12.7. The van der Waals surface area contributed by atoms with E-state index in [0.29, 0.717) is 12.8 Å². The second kappa shape index (κ2) is 8.97. The molecule has 0 radical (unpaired) electrons. The summed E-state index contributed by atoms with van der Waals surface area (Å²) in [5.74, 6) is -2.36. The highest BCUT2D eigenvalue weighted by Crippen LogP contribution is 2.35. The molecule has 154 valence electrons. The first kappa shape index (κ1) is 21.3. The summed E-state index contributed by atoms with van der Waals surface area (Å²) in [5.41, 5.74) is 0.269. The number of allylic oxidation sites excluding steroid dienone is 2. The van der Waals surface area contributed by atoms with Crippen molar-refractivity contribution >= 4 is 52.5 Å². The van der Waals surface area contributed by atoms with Gasteiger partial charge >= 0.3 is 0 Å². The number of likely N-dealkylation sites (tertiary alicyclic amines) is 1. The molecule has 1 aliphatic heterocycles. The molecule has 9 heteroatoms. The number of carbonyl (C=O) groups excluding carboxylic acids is 4. The van der Waals surface area contributed by atoms with Crippen molar-refractivity contribution in [2.24, 2.45) is 11.8 Å². The lowest BCUT2D eigenvalue weighted by Gasteiger charge is -2.23. The van der Waals surface area contributed by atoms with Gasteiger partial charge in [0, 0.05) is 6.54 Å². The quantitative estimate of drug-likeness (QED) is 0.547. The van der Waals surface area contributed by atoms with Crippen LogP contribution in [0.15, 0.2) is 30.4 Å². The zero-order valence-corrected chi connectivity index (χ0v) is 17.4. The van der Waals surface area contributed by atoms with Crippen LogP contribution in [0.25, 0.3) is 0 Å². The van der Waals surface area contributed by atoms with E-state index in [1.165, 1.54) is 4.90 Å². The van der Waals surface area contributed by atoms with Crippen molar-refractivity contribution in [1.82, 2.24) is 9.80 Å². The monoisotopic (exact) mass is 437 g/mol. The first-order valence-corrected chi connectivity index (χ1v) is 10.1. The Bertz CT molecular complexity index is 840. The molecule has 2 aliphatic rings. The van der Waals surface area contributed by atoms with Gasteiger partial charge in [-0.3, -0.25) is 24.1 Å². The Morgan fingerprint density at radius 3 is 2.17 bits per heavy atom. The number of nitrogens with zero attached hydrogens (tertiary/aromatic N) is 2. The van der Waals surface area contributed by atoms with Crippen molar-refractivity contribution in [2.45, 2.75) is 19.8 Å². The molecule has 0 spiro atoms. The molecular formula is C20H21Cl2N3O4. The lowest BCUT2D eigenvalue weighted by Crippen LogP contribution is -2.45. The van der Waals surface area contributed by atoms with E-state index in [0.717, 1.165) is 4.90 Å². The molecule has 1 aliphatic carbocycles. The van der Waals surface area contributed by atoms with Crippen LogP contribution < -0.4 is 5.32 Å². The molecule has 7 nitrogen and oxygen atoms in total. The Morgan fingerprint density at radius 2 is 1.66 bits per heavy atom. The third-order valence-electron chi connectivity index (χ3n) is 5.19. The summed E-state index contributed by atoms with van der Waals surface area (Å²) < 4.78 is 0. The number of benzene rings is 1. The smallest absolute Gasteiger partial charge is 0.244 e. The van der Waals surface area contributed by atoms with E-state index in [9.17, 15) is 19.2 Å². The number of amides is 4. The zero-order valence-electron chi connectivity index (χ0n) is 15.9. The number of halogens is 2. The van der Waals surface area contributed by atoms with Crippen LogP contribution in [0.2, 0.25) is 10.0 Å². The molecule has 1 heterocycles. The summed E-state index contributed by atoms with van der Waals surface area (Å²) in [6.07, 6.45) is 4.80. The molecule has 1 fully saturated rings. The number of nitrogens with one attached hydrogen (secondary N) is 1. The number of hydrogen-bond donors (Lipinski definition) is 1. The maximum Gasteiger partial charge on any atom is 0.244 e. The van der Waals surface area contributed by atoms with E-state index in [-0.39, 0.29) is 59.0 Å². The number of rotatable bonds is 6. The van der Waals surface area contributed by atoms with E-state index in [4.69, 9.17) is 23.2 Å². The molecule has 1 aromatic carbocycles. The molecular weight excluding hydrogens is 417 g/mol. The van der Waals surface area contributed by atoms with Gasteiger partial charge in [-0.05, 0) is 31.9 Å². The zero-order chi connectivity index (χ0) is 21.1. The molecule has 1 saturated heterocycles. The summed E-state index contributed by atoms with van der Waals surface area (Å²) in [7, 11) is 0. The predicted molar refractivity (Wildman–Crippen MR) is 109 cm³/mol. The number of fused-ring (bicyclic) bond motifs is 1.